The number of fused-ring (bicyclic) bond motifs is 1. The summed E-state index contributed by atoms with van der Waals surface area (Å²) in [7, 11) is 0. The van der Waals surface area contributed by atoms with Gasteiger partial charge in [0, 0.05) is 12.7 Å². The number of thiazole rings is 1. The smallest absolute Gasteiger partial charge is 0.144 e. The van der Waals surface area contributed by atoms with Gasteiger partial charge in [0.25, 0.3) is 0 Å². The van der Waals surface area contributed by atoms with Crippen LogP contribution in [0.25, 0.3) is 10.2 Å². The van der Waals surface area contributed by atoms with Gasteiger partial charge >= 0.3 is 0 Å². The maximum atomic E-state index is 5.99. The summed E-state index contributed by atoms with van der Waals surface area (Å²) in [5, 5.41) is 1.03. The molecule has 0 aliphatic rings. The van der Waals surface area contributed by atoms with Crippen molar-refractivity contribution in [3.05, 3.63) is 17.1 Å². The number of hydrogen-bond acceptors (Lipinski definition) is 5. The quantitative estimate of drug-likeness (QED) is 0.845. The van der Waals surface area contributed by atoms with E-state index in [1.165, 1.54) is 0 Å². The Morgan fingerprint density at radius 2 is 2.22 bits per heavy atom. The third-order valence-corrected chi connectivity index (χ3v) is 3.45. The maximum Gasteiger partial charge on any atom is 0.144 e. The summed E-state index contributed by atoms with van der Waals surface area (Å²) >= 11 is 1.64. The fourth-order valence-corrected chi connectivity index (χ4v) is 2.58. The molecule has 2 N–H and O–H groups in total. The van der Waals surface area contributed by atoms with Gasteiger partial charge in [-0.15, -0.1) is 11.3 Å². The summed E-state index contributed by atoms with van der Waals surface area (Å²) in [6.45, 7) is 7.16. The van der Waals surface area contributed by atoms with Crippen LogP contribution in [0.15, 0.2) is 12.1 Å². The molecule has 1 heterocycles. The number of ether oxygens (including phenoxy) is 2. The second-order valence-electron chi connectivity index (χ2n) is 4.18. The predicted molar refractivity (Wildman–Crippen MR) is 75.4 cm³/mol. The fourth-order valence-electron chi connectivity index (χ4n) is 1.72. The van der Waals surface area contributed by atoms with Crippen molar-refractivity contribution in [1.82, 2.24) is 4.98 Å². The summed E-state index contributed by atoms with van der Waals surface area (Å²) in [6.07, 6.45) is -0.0237. The highest BCUT2D eigenvalue weighted by molar-refractivity contribution is 7.18. The Balaban J connectivity index is 2.19. The average molecular weight is 266 g/mol. The van der Waals surface area contributed by atoms with Crippen molar-refractivity contribution < 1.29 is 9.47 Å². The van der Waals surface area contributed by atoms with Crippen molar-refractivity contribution in [3.63, 3.8) is 0 Å². The number of anilines is 1. The molecule has 0 aliphatic carbocycles. The zero-order valence-electron chi connectivity index (χ0n) is 10.9. The lowest BCUT2D eigenvalue weighted by Crippen LogP contribution is -2.19. The molecule has 1 atom stereocenters. The summed E-state index contributed by atoms with van der Waals surface area (Å²) in [5.74, 6) is 0.681. The topological polar surface area (TPSA) is 57.4 Å². The van der Waals surface area contributed by atoms with Crippen LogP contribution in [0.3, 0.4) is 0 Å². The number of nitrogens with two attached hydrogens (primary N) is 1. The van der Waals surface area contributed by atoms with Crippen molar-refractivity contribution in [2.75, 3.05) is 18.9 Å². The molecule has 0 radical (unpaired) electrons. The van der Waals surface area contributed by atoms with E-state index in [0.29, 0.717) is 24.7 Å². The van der Waals surface area contributed by atoms with Gasteiger partial charge in [0.1, 0.15) is 11.9 Å². The third kappa shape index (κ3) is 2.91. The highest BCUT2D eigenvalue weighted by Gasteiger charge is 2.10. The molecule has 2 aromatic rings. The Kier molecular flexibility index (Phi) is 4.04. The molecule has 0 bridgehead atoms. The first-order valence-corrected chi connectivity index (χ1v) is 6.83. The van der Waals surface area contributed by atoms with Gasteiger partial charge in [-0.05, 0) is 26.8 Å². The van der Waals surface area contributed by atoms with E-state index in [-0.39, 0.29) is 6.10 Å². The molecular weight excluding hydrogens is 248 g/mol. The lowest BCUT2D eigenvalue weighted by Gasteiger charge is -2.15. The van der Waals surface area contributed by atoms with Crippen LogP contribution in [0.2, 0.25) is 0 Å². The molecule has 98 valence electrons. The van der Waals surface area contributed by atoms with E-state index in [1.807, 2.05) is 32.9 Å². The maximum absolute atomic E-state index is 5.99. The predicted octanol–water partition coefficient (Wildman–Crippen LogP) is 2.99. The Labute approximate surface area is 111 Å². The first-order valence-electron chi connectivity index (χ1n) is 6.01. The van der Waals surface area contributed by atoms with Crippen LogP contribution >= 0.6 is 11.3 Å². The summed E-state index contributed by atoms with van der Waals surface area (Å²) in [4.78, 5) is 4.44. The van der Waals surface area contributed by atoms with Crippen LogP contribution in [0.4, 0.5) is 5.69 Å². The van der Waals surface area contributed by atoms with Gasteiger partial charge in [0.2, 0.25) is 0 Å². The van der Waals surface area contributed by atoms with Gasteiger partial charge in [-0.2, -0.15) is 0 Å². The zero-order chi connectivity index (χ0) is 13.1. The van der Waals surface area contributed by atoms with Crippen LogP contribution in [0, 0.1) is 6.92 Å². The van der Waals surface area contributed by atoms with Crippen LogP contribution in [-0.4, -0.2) is 24.3 Å². The molecule has 0 saturated carbocycles. The highest BCUT2D eigenvalue weighted by atomic mass is 32.1. The standard InChI is InChI=1S/C13H18N2O2S/c1-4-16-7-8(2)17-12-6-11-13(5-10(12)14)18-9(3)15-11/h5-6,8H,4,7,14H2,1-3H3. The summed E-state index contributed by atoms with van der Waals surface area (Å²) in [6, 6.07) is 3.82. The number of nitrogens with zero attached hydrogens (tertiary/aromatic N) is 1. The van der Waals surface area contributed by atoms with E-state index in [4.69, 9.17) is 15.2 Å². The Bertz CT molecular complexity index is 539. The first-order chi connectivity index (χ1) is 8.60. The molecule has 0 amide bonds. The van der Waals surface area contributed by atoms with E-state index in [2.05, 4.69) is 4.98 Å². The molecule has 18 heavy (non-hydrogen) atoms. The van der Waals surface area contributed by atoms with Gasteiger partial charge in [0.15, 0.2) is 0 Å². The van der Waals surface area contributed by atoms with E-state index in [0.717, 1.165) is 15.2 Å². The number of aromatic nitrogens is 1. The Morgan fingerprint density at radius 1 is 1.44 bits per heavy atom. The van der Waals surface area contributed by atoms with Gasteiger partial charge in [0.05, 0.1) is 27.5 Å². The molecule has 0 saturated heterocycles. The number of hydrogen-bond donors (Lipinski definition) is 1. The van der Waals surface area contributed by atoms with E-state index < -0.39 is 0 Å². The van der Waals surface area contributed by atoms with Crippen LogP contribution < -0.4 is 10.5 Å². The summed E-state index contributed by atoms with van der Waals surface area (Å²) in [5.41, 5.74) is 7.57. The van der Waals surface area contributed by atoms with E-state index in [9.17, 15) is 0 Å². The monoisotopic (exact) mass is 266 g/mol. The van der Waals surface area contributed by atoms with Gasteiger partial charge in [-0.3, -0.25) is 0 Å². The van der Waals surface area contributed by atoms with Crippen molar-refractivity contribution in [3.8, 4) is 5.75 Å². The van der Waals surface area contributed by atoms with E-state index >= 15 is 0 Å². The first kappa shape index (κ1) is 13.1. The number of nitrogen functional groups attached to an aromatic ring is 1. The molecule has 2 rings (SSSR count). The molecule has 5 heteroatoms. The molecule has 0 fully saturated rings. The second-order valence-corrected chi connectivity index (χ2v) is 5.41. The number of benzene rings is 1. The van der Waals surface area contributed by atoms with Gasteiger partial charge in [-0.25, -0.2) is 4.98 Å². The normalized spacial score (nSPS) is 12.8. The molecular formula is C13H18N2O2S. The van der Waals surface area contributed by atoms with Gasteiger partial charge in [-0.1, -0.05) is 0 Å². The number of rotatable bonds is 5. The van der Waals surface area contributed by atoms with Crippen LogP contribution in [0.1, 0.15) is 18.9 Å². The molecule has 0 aliphatic heterocycles. The molecule has 0 spiro atoms. The molecule has 1 unspecified atom stereocenters. The van der Waals surface area contributed by atoms with E-state index in [1.54, 1.807) is 11.3 Å². The highest BCUT2D eigenvalue weighted by Crippen LogP contribution is 2.31. The lowest BCUT2D eigenvalue weighted by molar-refractivity contribution is 0.0662. The van der Waals surface area contributed by atoms with Crippen LogP contribution in [-0.2, 0) is 4.74 Å². The van der Waals surface area contributed by atoms with Gasteiger partial charge < -0.3 is 15.2 Å². The molecule has 1 aromatic heterocycles. The summed E-state index contributed by atoms with van der Waals surface area (Å²) < 4.78 is 12.2. The Hall–Kier alpha value is -1.33. The van der Waals surface area contributed by atoms with Crippen molar-refractivity contribution in [1.29, 1.82) is 0 Å². The van der Waals surface area contributed by atoms with Crippen molar-refractivity contribution in [2.45, 2.75) is 26.9 Å². The Morgan fingerprint density at radius 3 is 2.94 bits per heavy atom. The lowest BCUT2D eigenvalue weighted by atomic mass is 10.2. The third-order valence-electron chi connectivity index (χ3n) is 2.51. The van der Waals surface area contributed by atoms with Crippen molar-refractivity contribution >= 4 is 27.2 Å². The molecule has 4 nitrogen and oxygen atoms in total. The minimum absolute atomic E-state index is 0.0237. The minimum atomic E-state index is -0.0237. The zero-order valence-corrected chi connectivity index (χ0v) is 11.7. The SMILES string of the molecule is CCOCC(C)Oc1cc2nc(C)sc2cc1N. The second kappa shape index (κ2) is 5.54. The van der Waals surface area contributed by atoms with Crippen molar-refractivity contribution in [2.24, 2.45) is 0 Å². The van der Waals surface area contributed by atoms with Crippen LogP contribution in [0.5, 0.6) is 5.75 Å². The molecule has 1 aromatic carbocycles. The minimum Gasteiger partial charge on any atom is -0.486 e. The fraction of sp³-hybridized carbons (Fsp3) is 0.462. The average Bonchev–Trinajstić information content (AvgIpc) is 2.66. The largest absolute Gasteiger partial charge is 0.486 e. The number of aryl methyl sites for hydroxylation is 1.